The van der Waals surface area contributed by atoms with E-state index >= 15 is 0 Å². The smallest absolute Gasteiger partial charge is 0.240 e. The Labute approximate surface area is 137 Å². The molecule has 1 heterocycles. The molecule has 0 bridgehead atoms. The SMILES string of the molecule is CC(N)c1cccc(S(=O)(=O)NCCc2ccc(Br)s2)c1. The summed E-state index contributed by atoms with van der Waals surface area (Å²) in [6.45, 7) is 2.20. The number of thiophene rings is 1. The van der Waals surface area contributed by atoms with Crippen LogP contribution in [0.1, 0.15) is 23.4 Å². The van der Waals surface area contributed by atoms with Crippen molar-refractivity contribution in [1.82, 2.24) is 4.72 Å². The van der Waals surface area contributed by atoms with Crippen molar-refractivity contribution >= 4 is 37.3 Å². The third kappa shape index (κ3) is 4.62. The second-order valence-electron chi connectivity index (χ2n) is 4.71. The van der Waals surface area contributed by atoms with Crippen LogP contribution in [0.15, 0.2) is 45.1 Å². The molecule has 1 unspecified atom stereocenters. The van der Waals surface area contributed by atoms with Gasteiger partial charge in [-0.1, -0.05) is 12.1 Å². The first-order chi connectivity index (χ1) is 9.88. The molecule has 1 atom stereocenters. The van der Waals surface area contributed by atoms with Crippen LogP contribution in [0, 0.1) is 0 Å². The molecule has 0 saturated carbocycles. The highest BCUT2D eigenvalue weighted by molar-refractivity contribution is 9.11. The normalized spacial score (nSPS) is 13.3. The topological polar surface area (TPSA) is 72.2 Å². The molecule has 0 spiro atoms. The average Bonchev–Trinajstić information content (AvgIpc) is 2.84. The molecule has 0 saturated heterocycles. The van der Waals surface area contributed by atoms with Gasteiger partial charge in [-0.05, 0) is 59.1 Å². The van der Waals surface area contributed by atoms with Crippen molar-refractivity contribution in [3.63, 3.8) is 0 Å². The van der Waals surface area contributed by atoms with E-state index in [0.29, 0.717) is 13.0 Å². The summed E-state index contributed by atoms with van der Waals surface area (Å²) in [5.74, 6) is 0. The second-order valence-corrected chi connectivity index (χ2v) is 9.03. The lowest BCUT2D eigenvalue weighted by atomic mass is 10.1. The van der Waals surface area contributed by atoms with Crippen LogP contribution in [-0.4, -0.2) is 15.0 Å². The molecule has 7 heteroatoms. The highest BCUT2D eigenvalue weighted by Crippen LogP contribution is 2.22. The van der Waals surface area contributed by atoms with Crippen molar-refractivity contribution in [2.45, 2.75) is 24.3 Å². The first kappa shape index (κ1) is 16.6. The Morgan fingerprint density at radius 2 is 2.10 bits per heavy atom. The summed E-state index contributed by atoms with van der Waals surface area (Å²) in [4.78, 5) is 1.39. The number of rotatable bonds is 6. The van der Waals surface area contributed by atoms with Crippen molar-refractivity contribution in [1.29, 1.82) is 0 Å². The molecule has 2 aromatic rings. The molecule has 21 heavy (non-hydrogen) atoms. The Hall–Kier alpha value is -0.730. The van der Waals surface area contributed by atoms with Crippen LogP contribution in [0.5, 0.6) is 0 Å². The van der Waals surface area contributed by atoms with Gasteiger partial charge in [-0.25, -0.2) is 13.1 Å². The van der Waals surface area contributed by atoms with Gasteiger partial charge in [0.2, 0.25) is 10.0 Å². The molecule has 0 amide bonds. The van der Waals surface area contributed by atoms with E-state index in [9.17, 15) is 8.42 Å². The lowest BCUT2D eigenvalue weighted by Gasteiger charge is -2.10. The number of nitrogens with two attached hydrogens (primary N) is 1. The summed E-state index contributed by atoms with van der Waals surface area (Å²) in [6, 6.07) is 10.5. The predicted molar refractivity (Wildman–Crippen MR) is 90.0 cm³/mol. The zero-order valence-corrected chi connectivity index (χ0v) is 14.8. The van der Waals surface area contributed by atoms with Gasteiger partial charge in [-0.15, -0.1) is 11.3 Å². The van der Waals surface area contributed by atoms with Gasteiger partial charge in [0.15, 0.2) is 0 Å². The maximum atomic E-state index is 12.2. The summed E-state index contributed by atoms with van der Waals surface area (Å²) >= 11 is 5.00. The average molecular weight is 389 g/mol. The molecule has 1 aromatic carbocycles. The van der Waals surface area contributed by atoms with E-state index in [0.717, 1.165) is 14.2 Å². The van der Waals surface area contributed by atoms with Crippen molar-refractivity contribution in [3.05, 3.63) is 50.6 Å². The molecule has 0 aliphatic carbocycles. The molecule has 0 fully saturated rings. The van der Waals surface area contributed by atoms with E-state index in [4.69, 9.17) is 5.73 Å². The lowest BCUT2D eigenvalue weighted by Crippen LogP contribution is -2.26. The van der Waals surface area contributed by atoms with Crippen molar-refractivity contribution in [2.75, 3.05) is 6.54 Å². The van der Waals surface area contributed by atoms with Crippen molar-refractivity contribution < 1.29 is 8.42 Å². The number of hydrogen-bond acceptors (Lipinski definition) is 4. The first-order valence-corrected chi connectivity index (χ1v) is 9.57. The number of hydrogen-bond donors (Lipinski definition) is 2. The Kier molecular flexibility index (Phi) is 5.56. The summed E-state index contributed by atoms with van der Waals surface area (Å²) in [5.41, 5.74) is 6.59. The first-order valence-electron chi connectivity index (χ1n) is 6.48. The number of nitrogens with one attached hydrogen (secondary N) is 1. The van der Waals surface area contributed by atoms with Gasteiger partial charge in [0.1, 0.15) is 0 Å². The predicted octanol–water partition coefficient (Wildman–Crippen LogP) is 3.05. The summed E-state index contributed by atoms with van der Waals surface area (Å²) in [7, 11) is -3.49. The minimum atomic E-state index is -3.49. The molecule has 2 rings (SSSR count). The maximum Gasteiger partial charge on any atom is 0.240 e. The largest absolute Gasteiger partial charge is 0.324 e. The van der Waals surface area contributed by atoms with E-state index in [-0.39, 0.29) is 10.9 Å². The highest BCUT2D eigenvalue weighted by atomic mass is 79.9. The summed E-state index contributed by atoms with van der Waals surface area (Å²) < 4.78 is 28.2. The van der Waals surface area contributed by atoms with E-state index < -0.39 is 10.0 Å². The molecule has 0 radical (unpaired) electrons. The van der Waals surface area contributed by atoms with Crippen LogP contribution in [0.3, 0.4) is 0 Å². The third-order valence-corrected chi connectivity index (χ3v) is 6.13. The molecular formula is C14H17BrN2O2S2. The maximum absolute atomic E-state index is 12.2. The molecule has 0 aliphatic rings. The molecule has 4 nitrogen and oxygen atoms in total. The lowest BCUT2D eigenvalue weighted by molar-refractivity contribution is 0.581. The Bertz CT molecular complexity index is 711. The molecular weight excluding hydrogens is 372 g/mol. The van der Waals surface area contributed by atoms with Crippen LogP contribution < -0.4 is 10.5 Å². The molecule has 114 valence electrons. The highest BCUT2D eigenvalue weighted by Gasteiger charge is 2.14. The van der Waals surface area contributed by atoms with Gasteiger partial charge in [-0.3, -0.25) is 0 Å². The fourth-order valence-electron chi connectivity index (χ4n) is 1.84. The quantitative estimate of drug-likeness (QED) is 0.798. The van der Waals surface area contributed by atoms with Crippen LogP contribution in [0.2, 0.25) is 0 Å². The van der Waals surface area contributed by atoms with E-state index in [1.54, 1.807) is 29.5 Å². The van der Waals surface area contributed by atoms with Crippen LogP contribution >= 0.6 is 27.3 Å². The number of benzene rings is 1. The zero-order chi connectivity index (χ0) is 15.5. The fraction of sp³-hybridized carbons (Fsp3) is 0.286. The minimum Gasteiger partial charge on any atom is -0.324 e. The standard InChI is InChI=1S/C14H17BrN2O2S2/c1-10(16)11-3-2-4-13(9-11)21(18,19)17-8-7-12-5-6-14(15)20-12/h2-6,9-10,17H,7-8,16H2,1H3. The number of halogens is 1. The van der Waals surface area contributed by atoms with Gasteiger partial charge >= 0.3 is 0 Å². The summed E-state index contributed by atoms with van der Waals surface area (Å²) in [6.07, 6.45) is 0.669. The minimum absolute atomic E-state index is 0.191. The van der Waals surface area contributed by atoms with Gasteiger partial charge in [0, 0.05) is 17.5 Å². The van der Waals surface area contributed by atoms with E-state index in [2.05, 4.69) is 20.7 Å². The van der Waals surface area contributed by atoms with Gasteiger partial charge in [0.25, 0.3) is 0 Å². The molecule has 1 aromatic heterocycles. The van der Waals surface area contributed by atoms with E-state index in [1.165, 1.54) is 0 Å². The monoisotopic (exact) mass is 388 g/mol. The summed E-state index contributed by atoms with van der Waals surface area (Å²) in [5, 5.41) is 0. The Morgan fingerprint density at radius 1 is 1.33 bits per heavy atom. The van der Waals surface area contributed by atoms with Crippen LogP contribution in [0.25, 0.3) is 0 Å². The van der Waals surface area contributed by atoms with Gasteiger partial charge in [-0.2, -0.15) is 0 Å². The van der Waals surface area contributed by atoms with Gasteiger partial charge in [0.05, 0.1) is 8.68 Å². The third-order valence-electron chi connectivity index (χ3n) is 2.99. The number of sulfonamides is 1. The van der Waals surface area contributed by atoms with Crippen molar-refractivity contribution in [3.8, 4) is 0 Å². The van der Waals surface area contributed by atoms with Crippen molar-refractivity contribution in [2.24, 2.45) is 5.73 Å². The molecule has 0 aliphatic heterocycles. The Balaban J connectivity index is 2.03. The van der Waals surface area contributed by atoms with Gasteiger partial charge < -0.3 is 5.73 Å². The fourth-order valence-corrected chi connectivity index (χ4v) is 4.41. The second kappa shape index (κ2) is 7.02. The Morgan fingerprint density at radius 3 is 2.71 bits per heavy atom. The zero-order valence-electron chi connectivity index (χ0n) is 11.5. The van der Waals surface area contributed by atoms with E-state index in [1.807, 2.05) is 25.1 Å². The van der Waals surface area contributed by atoms with Crippen LogP contribution in [0.4, 0.5) is 0 Å². The molecule has 3 N–H and O–H groups in total. The van der Waals surface area contributed by atoms with Crippen LogP contribution in [-0.2, 0) is 16.4 Å².